The van der Waals surface area contributed by atoms with Crippen molar-refractivity contribution in [1.82, 2.24) is 9.88 Å². The van der Waals surface area contributed by atoms with E-state index in [0.29, 0.717) is 24.1 Å². The molecular weight excluding hydrogens is 370 g/mol. The Labute approximate surface area is 160 Å². The number of halogens is 2. The van der Waals surface area contributed by atoms with Gasteiger partial charge in [0.1, 0.15) is 5.60 Å². The average Bonchev–Trinajstić information content (AvgIpc) is 2.68. The van der Waals surface area contributed by atoms with Crippen molar-refractivity contribution < 1.29 is 23.4 Å². The van der Waals surface area contributed by atoms with Gasteiger partial charge in [-0.1, -0.05) is 19.3 Å². The summed E-state index contributed by atoms with van der Waals surface area (Å²) in [6.45, 7) is 0.230. The molecule has 2 heterocycles. The van der Waals surface area contributed by atoms with Crippen LogP contribution < -0.4 is 5.56 Å². The first kappa shape index (κ1) is 19.0. The molecule has 1 aromatic carbocycles. The summed E-state index contributed by atoms with van der Waals surface area (Å²) in [5.74, 6) is -2.59. The molecule has 4 rings (SSSR count). The Kier molecular flexibility index (Phi) is 4.71. The maximum atomic E-state index is 13.9. The number of aromatic amines is 1. The largest absolute Gasteiger partial charge is 0.380 e. The Hall–Kier alpha value is -2.32. The van der Waals surface area contributed by atoms with E-state index < -0.39 is 34.7 Å². The molecule has 150 valence electrons. The highest BCUT2D eigenvalue weighted by atomic mass is 19.2. The first-order valence-electron chi connectivity index (χ1n) is 9.43. The van der Waals surface area contributed by atoms with Gasteiger partial charge in [-0.15, -0.1) is 0 Å². The molecule has 6 nitrogen and oxygen atoms in total. The van der Waals surface area contributed by atoms with Gasteiger partial charge in [0.25, 0.3) is 11.5 Å². The van der Waals surface area contributed by atoms with Crippen LogP contribution in [0.4, 0.5) is 8.78 Å². The number of ether oxygens (including phenoxy) is 1. The SMILES string of the molecule is CN(C(=O)C1(O)CCCCC1)[C@@H]1COCc2[nH]c(=O)c3cc(F)c(F)cc3c21. The Balaban J connectivity index is 1.82. The van der Waals surface area contributed by atoms with Crippen molar-refractivity contribution in [3.63, 3.8) is 0 Å². The Bertz CT molecular complexity index is 998. The van der Waals surface area contributed by atoms with E-state index in [4.69, 9.17) is 4.74 Å². The third-order valence-electron chi connectivity index (χ3n) is 5.91. The number of amides is 1. The summed E-state index contributed by atoms with van der Waals surface area (Å²) in [5.41, 5.74) is -1.03. The number of aliphatic hydroxyl groups is 1. The minimum Gasteiger partial charge on any atom is -0.380 e. The van der Waals surface area contributed by atoms with Crippen LogP contribution in [-0.2, 0) is 16.1 Å². The maximum absolute atomic E-state index is 13.9. The van der Waals surface area contributed by atoms with E-state index in [-0.39, 0.29) is 24.0 Å². The van der Waals surface area contributed by atoms with Crippen LogP contribution in [0.2, 0.25) is 0 Å². The van der Waals surface area contributed by atoms with Crippen LogP contribution in [0.15, 0.2) is 16.9 Å². The molecule has 0 spiro atoms. The highest BCUT2D eigenvalue weighted by Crippen LogP contribution is 2.37. The number of benzene rings is 1. The van der Waals surface area contributed by atoms with Gasteiger partial charge in [-0.25, -0.2) is 8.78 Å². The van der Waals surface area contributed by atoms with Crippen LogP contribution in [0.5, 0.6) is 0 Å². The Morgan fingerprint density at radius 1 is 1.21 bits per heavy atom. The molecular formula is C20H22F2N2O4. The second-order valence-corrected chi connectivity index (χ2v) is 7.70. The zero-order chi connectivity index (χ0) is 20.1. The summed E-state index contributed by atoms with van der Waals surface area (Å²) in [6, 6.07) is 1.23. The van der Waals surface area contributed by atoms with Gasteiger partial charge in [-0.05, 0) is 30.4 Å². The molecule has 0 radical (unpaired) electrons. The predicted octanol–water partition coefficient (Wildman–Crippen LogP) is 2.53. The zero-order valence-electron chi connectivity index (χ0n) is 15.6. The van der Waals surface area contributed by atoms with E-state index >= 15 is 0 Å². The maximum Gasteiger partial charge on any atom is 0.256 e. The molecule has 1 aliphatic heterocycles. The fourth-order valence-corrected chi connectivity index (χ4v) is 4.37. The number of H-pyrrole nitrogens is 1. The Morgan fingerprint density at radius 2 is 1.86 bits per heavy atom. The number of likely N-dealkylation sites (N-methyl/N-ethyl adjacent to an activating group) is 1. The zero-order valence-corrected chi connectivity index (χ0v) is 15.6. The summed E-state index contributed by atoms with van der Waals surface area (Å²) in [5, 5.41) is 11.1. The van der Waals surface area contributed by atoms with E-state index in [1.165, 1.54) is 4.90 Å². The van der Waals surface area contributed by atoms with Crippen LogP contribution in [-0.4, -0.2) is 40.2 Å². The van der Waals surface area contributed by atoms with E-state index in [0.717, 1.165) is 31.4 Å². The molecule has 0 bridgehead atoms. The van der Waals surface area contributed by atoms with Crippen molar-refractivity contribution in [3.8, 4) is 0 Å². The van der Waals surface area contributed by atoms with Gasteiger partial charge in [-0.3, -0.25) is 9.59 Å². The molecule has 8 heteroatoms. The van der Waals surface area contributed by atoms with Crippen LogP contribution in [0, 0.1) is 11.6 Å². The second-order valence-electron chi connectivity index (χ2n) is 7.70. The smallest absolute Gasteiger partial charge is 0.256 e. The van der Waals surface area contributed by atoms with Gasteiger partial charge in [0, 0.05) is 18.3 Å². The van der Waals surface area contributed by atoms with Crippen molar-refractivity contribution in [2.45, 2.75) is 50.4 Å². The molecule has 2 N–H and O–H groups in total. The van der Waals surface area contributed by atoms with Gasteiger partial charge < -0.3 is 19.7 Å². The van der Waals surface area contributed by atoms with Gasteiger partial charge >= 0.3 is 0 Å². The normalized spacial score (nSPS) is 21.4. The second kappa shape index (κ2) is 6.93. The molecule has 1 fully saturated rings. The average molecular weight is 392 g/mol. The summed E-state index contributed by atoms with van der Waals surface area (Å²) in [7, 11) is 1.56. The summed E-state index contributed by atoms with van der Waals surface area (Å²) in [6.07, 6.45) is 3.31. The number of carbonyl (C=O) groups is 1. The molecule has 1 atom stereocenters. The topological polar surface area (TPSA) is 82.6 Å². The third-order valence-corrected chi connectivity index (χ3v) is 5.91. The lowest BCUT2D eigenvalue weighted by atomic mass is 9.83. The lowest BCUT2D eigenvalue weighted by molar-refractivity contribution is -0.157. The molecule has 28 heavy (non-hydrogen) atoms. The first-order valence-corrected chi connectivity index (χ1v) is 9.43. The molecule has 1 aliphatic carbocycles. The summed E-state index contributed by atoms with van der Waals surface area (Å²) >= 11 is 0. The van der Waals surface area contributed by atoms with Gasteiger partial charge in [0.15, 0.2) is 11.6 Å². The van der Waals surface area contributed by atoms with Crippen LogP contribution in [0.25, 0.3) is 10.8 Å². The van der Waals surface area contributed by atoms with E-state index in [1.54, 1.807) is 7.05 Å². The fourth-order valence-electron chi connectivity index (χ4n) is 4.37. The molecule has 1 amide bonds. The highest BCUT2D eigenvalue weighted by molar-refractivity contribution is 5.89. The van der Waals surface area contributed by atoms with Gasteiger partial charge in [0.05, 0.1) is 24.6 Å². The number of nitrogens with one attached hydrogen (secondary N) is 1. The molecule has 2 aromatic rings. The van der Waals surface area contributed by atoms with Crippen molar-refractivity contribution in [2.24, 2.45) is 0 Å². The molecule has 1 saturated carbocycles. The van der Waals surface area contributed by atoms with Crippen LogP contribution in [0.1, 0.15) is 49.4 Å². The fraction of sp³-hybridized carbons (Fsp3) is 0.500. The lowest BCUT2D eigenvalue weighted by Gasteiger charge is -2.39. The minimum atomic E-state index is -1.43. The number of fused-ring (bicyclic) bond motifs is 3. The van der Waals surface area contributed by atoms with Crippen molar-refractivity contribution in [1.29, 1.82) is 0 Å². The number of aromatic nitrogens is 1. The van der Waals surface area contributed by atoms with Crippen molar-refractivity contribution in [3.05, 3.63) is 45.4 Å². The number of hydrogen-bond acceptors (Lipinski definition) is 4. The summed E-state index contributed by atoms with van der Waals surface area (Å²) in [4.78, 5) is 29.4. The highest BCUT2D eigenvalue weighted by Gasteiger charge is 2.42. The molecule has 0 saturated heterocycles. The lowest BCUT2D eigenvalue weighted by Crippen LogP contribution is -2.51. The number of rotatable bonds is 2. The van der Waals surface area contributed by atoms with E-state index in [2.05, 4.69) is 4.98 Å². The molecule has 0 unspecified atom stereocenters. The Morgan fingerprint density at radius 3 is 2.54 bits per heavy atom. The quantitative estimate of drug-likeness (QED) is 0.823. The third kappa shape index (κ3) is 3.00. The number of nitrogens with zero attached hydrogens (tertiary/aromatic N) is 1. The minimum absolute atomic E-state index is 0.0155. The van der Waals surface area contributed by atoms with E-state index in [1.807, 2.05) is 0 Å². The van der Waals surface area contributed by atoms with Crippen molar-refractivity contribution in [2.75, 3.05) is 13.7 Å². The van der Waals surface area contributed by atoms with Crippen LogP contribution >= 0.6 is 0 Å². The van der Waals surface area contributed by atoms with Crippen LogP contribution in [0.3, 0.4) is 0 Å². The summed E-state index contributed by atoms with van der Waals surface area (Å²) < 4.78 is 33.2. The van der Waals surface area contributed by atoms with Crippen molar-refractivity contribution >= 4 is 16.7 Å². The molecule has 1 aromatic heterocycles. The number of hydrogen-bond donors (Lipinski definition) is 2. The molecule has 2 aliphatic rings. The standard InChI is InChI=1S/C20H22F2N2O4/c1-24(19(26)20(27)5-3-2-4-6-20)16-10-28-9-15-17(16)11-7-13(21)14(22)8-12(11)18(25)23-15/h7-8,16,27H,2-6,9-10H2,1H3,(H,23,25)/t16-/m1/s1. The predicted molar refractivity (Wildman–Crippen MR) is 97.7 cm³/mol. The monoisotopic (exact) mass is 392 g/mol. The van der Waals surface area contributed by atoms with Gasteiger partial charge in [0.2, 0.25) is 0 Å². The first-order chi connectivity index (χ1) is 13.3. The number of carbonyl (C=O) groups excluding carboxylic acids is 1. The number of pyridine rings is 1. The van der Waals surface area contributed by atoms with Gasteiger partial charge in [-0.2, -0.15) is 0 Å². The van der Waals surface area contributed by atoms with E-state index in [9.17, 15) is 23.5 Å².